The Bertz CT molecular complexity index is 544. The molecule has 0 heterocycles. The Morgan fingerprint density at radius 1 is 1.28 bits per heavy atom. The summed E-state index contributed by atoms with van der Waals surface area (Å²) in [5.74, 6) is -2.65. The molecular formula is C9H4F3N3O3. The largest absolute Gasteiger partial charge is 0.652 e. The van der Waals surface area contributed by atoms with E-state index in [1.165, 1.54) is 0 Å². The van der Waals surface area contributed by atoms with E-state index < -0.39 is 28.3 Å². The number of nitro groups is 1. The molecule has 0 N–H and O–H groups in total. The predicted octanol–water partition coefficient (Wildman–Crippen LogP) is 1.79. The molecule has 0 radical (unpaired) electrons. The number of amidine groups is 1. The highest BCUT2D eigenvalue weighted by atomic mass is 19.4. The monoisotopic (exact) mass is 259 g/mol. The first-order valence-corrected chi connectivity index (χ1v) is 4.35. The lowest BCUT2D eigenvalue weighted by Gasteiger charge is -2.05. The topological polar surface area (TPSA) is 96.6 Å². The lowest BCUT2D eigenvalue weighted by atomic mass is 10.1. The van der Waals surface area contributed by atoms with Crippen LogP contribution in [0.15, 0.2) is 24.3 Å². The van der Waals surface area contributed by atoms with Gasteiger partial charge in [0.1, 0.15) is 4.92 Å². The summed E-state index contributed by atoms with van der Waals surface area (Å²) in [4.78, 5) is 22.6. The van der Waals surface area contributed by atoms with Crippen LogP contribution in [0.25, 0.3) is 5.53 Å². The number of halogens is 3. The molecule has 0 spiro atoms. The van der Waals surface area contributed by atoms with Crippen LogP contribution in [-0.4, -0.2) is 21.3 Å². The van der Waals surface area contributed by atoms with Crippen molar-refractivity contribution in [2.45, 2.75) is 6.18 Å². The van der Waals surface area contributed by atoms with Crippen molar-refractivity contribution in [2.24, 2.45) is 0 Å². The summed E-state index contributed by atoms with van der Waals surface area (Å²) in [6, 6.07) is 2.73. The third-order valence-electron chi connectivity index (χ3n) is 1.95. The van der Waals surface area contributed by atoms with Crippen LogP contribution in [0.3, 0.4) is 0 Å². The van der Waals surface area contributed by atoms with Gasteiger partial charge in [0.2, 0.25) is 0 Å². The number of carbonyl (C=O) groups excluding carboxylic acids is 1. The molecule has 0 aromatic heterocycles. The fourth-order valence-electron chi connectivity index (χ4n) is 1.10. The van der Waals surface area contributed by atoms with E-state index in [9.17, 15) is 28.1 Å². The normalized spacial score (nSPS) is 10.6. The highest BCUT2D eigenvalue weighted by molar-refractivity contribution is 6.40. The maximum absolute atomic E-state index is 12.2. The molecule has 94 valence electrons. The van der Waals surface area contributed by atoms with Gasteiger partial charge in [0.25, 0.3) is 0 Å². The lowest BCUT2D eigenvalue weighted by molar-refractivity contribution is -0.379. The SMILES string of the molecule is [N-]=[N+]=C(C(=O)c1ccc(C(F)(F)F)cc1)[N+](=O)[O-]. The molecule has 0 saturated carbocycles. The number of hydrogen-bond acceptors (Lipinski definition) is 3. The molecule has 0 saturated heterocycles. The second-order valence-electron chi connectivity index (χ2n) is 3.08. The van der Waals surface area contributed by atoms with E-state index >= 15 is 0 Å². The second-order valence-corrected chi connectivity index (χ2v) is 3.08. The molecule has 0 fully saturated rings. The van der Waals surface area contributed by atoms with E-state index in [-0.39, 0.29) is 5.56 Å². The van der Waals surface area contributed by atoms with Gasteiger partial charge in [-0.25, -0.2) is 0 Å². The van der Waals surface area contributed by atoms with Crippen molar-refractivity contribution in [3.63, 3.8) is 0 Å². The Labute approximate surface area is 97.4 Å². The molecule has 9 heteroatoms. The number of alkyl halides is 3. The van der Waals surface area contributed by atoms with Crippen LogP contribution in [-0.2, 0) is 6.18 Å². The Morgan fingerprint density at radius 2 is 1.78 bits per heavy atom. The molecule has 0 aliphatic carbocycles. The molecule has 6 nitrogen and oxygen atoms in total. The minimum Gasteiger partial charge on any atom is -0.354 e. The zero-order chi connectivity index (χ0) is 13.9. The number of Topliss-reactive ketones (excluding diaryl/α,β-unsaturated/α-hetero) is 1. The van der Waals surface area contributed by atoms with E-state index in [4.69, 9.17) is 5.53 Å². The van der Waals surface area contributed by atoms with Gasteiger partial charge < -0.3 is 5.53 Å². The molecule has 1 aromatic rings. The molecule has 0 amide bonds. The van der Waals surface area contributed by atoms with Crippen molar-refractivity contribution in [1.29, 1.82) is 0 Å². The van der Waals surface area contributed by atoms with Crippen LogP contribution in [0.4, 0.5) is 13.2 Å². The second kappa shape index (κ2) is 4.76. The van der Waals surface area contributed by atoms with E-state index in [1.54, 1.807) is 0 Å². The first-order valence-electron chi connectivity index (χ1n) is 4.35. The summed E-state index contributed by atoms with van der Waals surface area (Å²) in [5, 5.41) is 10.3. The first-order chi connectivity index (χ1) is 8.27. The highest BCUT2D eigenvalue weighted by Gasteiger charge is 2.36. The van der Waals surface area contributed by atoms with E-state index in [0.717, 1.165) is 12.1 Å². The van der Waals surface area contributed by atoms with Gasteiger partial charge in [-0.2, -0.15) is 13.2 Å². The Morgan fingerprint density at radius 3 is 2.11 bits per heavy atom. The van der Waals surface area contributed by atoms with Crippen molar-refractivity contribution in [3.8, 4) is 0 Å². The summed E-state index contributed by atoms with van der Waals surface area (Å²) in [6.45, 7) is 0. The maximum Gasteiger partial charge on any atom is 0.652 e. The molecule has 0 aliphatic rings. The number of benzene rings is 1. The molecule has 0 aliphatic heterocycles. The van der Waals surface area contributed by atoms with Crippen LogP contribution in [0.1, 0.15) is 15.9 Å². The Balaban J connectivity index is 3.11. The molecule has 1 aromatic carbocycles. The van der Waals surface area contributed by atoms with Crippen LogP contribution in [0.2, 0.25) is 0 Å². The van der Waals surface area contributed by atoms with E-state index in [0.29, 0.717) is 12.1 Å². The summed E-state index contributed by atoms with van der Waals surface area (Å²) in [7, 11) is 0. The summed E-state index contributed by atoms with van der Waals surface area (Å²) >= 11 is 0. The van der Waals surface area contributed by atoms with Crippen molar-refractivity contribution in [3.05, 3.63) is 51.0 Å². The third-order valence-corrected chi connectivity index (χ3v) is 1.95. The summed E-state index contributed by atoms with van der Waals surface area (Å²) in [5.41, 5.74) is 6.88. The number of hydrogen-bond donors (Lipinski definition) is 0. The number of carbonyl (C=O) groups is 1. The third kappa shape index (κ3) is 2.77. The van der Waals surface area contributed by atoms with Gasteiger partial charge in [0.05, 0.1) is 5.56 Å². The van der Waals surface area contributed by atoms with Crippen molar-refractivity contribution < 1.29 is 27.7 Å². The maximum atomic E-state index is 12.2. The predicted molar refractivity (Wildman–Crippen MR) is 51.4 cm³/mol. The Kier molecular flexibility index (Phi) is 3.58. The number of rotatable bonds is 2. The highest BCUT2D eigenvalue weighted by Crippen LogP contribution is 2.29. The van der Waals surface area contributed by atoms with Crippen LogP contribution in [0, 0.1) is 10.1 Å². The smallest absolute Gasteiger partial charge is 0.354 e. The van der Waals surface area contributed by atoms with Crippen LogP contribution in [0.5, 0.6) is 0 Å². The molecule has 18 heavy (non-hydrogen) atoms. The van der Waals surface area contributed by atoms with Gasteiger partial charge in [0.15, 0.2) is 0 Å². The van der Waals surface area contributed by atoms with Gasteiger partial charge >= 0.3 is 17.8 Å². The average molecular weight is 259 g/mol. The Hall–Kier alpha value is -2.54. The number of nitrogens with zero attached hydrogens (tertiary/aromatic N) is 3. The summed E-state index contributed by atoms with van der Waals surface area (Å²) < 4.78 is 36.7. The molecule has 0 atom stereocenters. The van der Waals surface area contributed by atoms with Gasteiger partial charge in [-0.3, -0.25) is 14.9 Å². The van der Waals surface area contributed by atoms with Crippen LogP contribution >= 0.6 is 0 Å². The minimum atomic E-state index is -4.57. The molecule has 0 bridgehead atoms. The zero-order valence-corrected chi connectivity index (χ0v) is 8.51. The average Bonchev–Trinajstić information content (AvgIpc) is 2.28. The molecule has 0 unspecified atom stereocenters. The van der Waals surface area contributed by atoms with Gasteiger partial charge in [0, 0.05) is 5.56 Å². The van der Waals surface area contributed by atoms with Gasteiger partial charge in [-0.05, 0) is 24.3 Å². The molecule has 1 rings (SSSR count). The van der Waals surface area contributed by atoms with Gasteiger partial charge in [-0.1, -0.05) is 4.79 Å². The fourth-order valence-corrected chi connectivity index (χ4v) is 1.10. The van der Waals surface area contributed by atoms with Gasteiger partial charge in [-0.15, -0.1) is 0 Å². The van der Waals surface area contributed by atoms with Crippen molar-refractivity contribution >= 4 is 11.6 Å². The first kappa shape index (κ1) is 13.5. The van der Waals surface area contributed by atoms with E-state index in [2.05, 4.69) is 4.79 Å². The van der Waals surface area contributed by atoms with Crippen molar-refractivity contribution in [2.75, 3.05) is 0 Å². The standard InChI is InChI=1S/C9H4F3N3O3/c10-9(11,12)6-3-1-5(2-4-6)7(16)8(14-13)15(17)18/h1-4H. The van der Waals surface area contributed by atoms with Crippen molar-refractivity contribution in [1.82, 2.24) is 0 Å². The van der Waals surface area contributed by atoms with Crippen LogP contribution < -0.4 is 0 Å². The minimum absolute atomic E-state index is 0.382. The van der Waals surface area contributed by atoms with E-state index in [1.807, 2.05) is 0 Å². The zero-order valence-electron chi connectivity index (χ0n) is 8.51. The number of ketones is 1. The lowest BCUT2D eigenvalue weighted by Crippen LogP contribution is -2.24. The molecular weight excluding hydrogens is 255 g/mol. The quantitative estimate of drug-likeness (QED) is 0.154. The summed E-state index contributed by atoms with van der Waals surface area (Å²) in [6.07, 6.45) is -4.57. The fraction of sp³-hybridized carbons (Fsp3) is 0.111.